The molecular weight excluding hydrogens is 268 g/mol. The molecule has 5 heteroatoms. The summed E-state index contributed by atoms with van der Waals surface area (Å²) in [7, 11) is 0. The molecule has 0 heterocycles. The van der Waals surface area contributed by atoms with Crippen LogP contribution in [0.3, 0.4) is 0 Å². The van der Waals surface area contributed by atoms with Gasteiger partial charge in [0.1, 0.15) is 18.5 Å². The van der Waals surface area contributed by atoms with E-state index in [9.17, 15) is 9.90 Å². The average molecular weight is 286 g/mol. The minimum atomic E-state index is -0.775. The van der Waals surface area contributed by atoms with Crippen molar-refractivity contribution in [1.29, 1.82) is 0 Å². The summed E-state index contributed by atoms with van der Waals surface area (Å²) in [6.45, 7) is 0.238. The second-order valence-corrected chi connectivity index (χ2v) is 4.61. The molecule has 0 bridgehead atoms. The number of carbonyl (C=O) groups excluding carboxylic acids is 1. The van der Waals surface area contributed by atoms with Crippen LogP contribution in [0.1, 0.15) is 10.4 Å². The Morgan fingerprint density at radius 3 is 2.48 bits per heavy atom. The Kier molecular flexibility index (Phi) is 5.17. The van der Waals surface area contributed by atoms with E-state index in [2.05, 4.69) is 5.32 Å². The number of hydrogen-bond acceptors (Lipinski definition) is 4. The van der Waals surface area contributed by atoms with Gasteiger partial charge in [-0.05, 0) is 36.4 Å². The maximum atomic E-state index is 11.8. The van der Waals surface area contributed by atoms with Gasteiger partial charge in [-0.2, -0.15) is 0 Å². The lowest BCUT2D eigenvalue weighted by Crippen LogP contribution is -2.35. The highest BCUT2D eigenvalue weighted by Gasteiger charge is 2.09. The van der Waals surface area contributed by atoms with Gasteiger partial charge in [0.05, 0.1) is 0 Å². The fourth-order valence-electron chi connectivity index (χ4n) is 1.72. The summed E-state index contributed by atoms with van der Waals surface area (Å²) in [5.74, 6) is 0.426. The van der Waals surface area contributed by atoms with Crippen molar-refractivity contribution in [3.05, 3.63) is 60.2 Å². The maximum absolute atomic E-state index is 11.8. The summed E-state index contributed by atoms with van der Waals surface area (Å²) in [5, 5.41) is 12.4. The van der Waals surface area contributed by atoms with Gasteiger partial charge in [0.15, 0.2) is 0 Å². The molecule has 0 spiro atoms. The summed E-state index contributed by atoms with van der Waals surface area (Å²) in [6, 6.07) is 15.8. The molecule has 21 heavy (non-hydrogen) atoms. The van der Waals surface area contributed by atoms with Crippen molar-refractivity contribution < 1.29 is 14.6 Å². The lowest BCUT2D eigenvalue weighted by atomic mass is 10.2. The van der Waals surface area contributed by atoms with E-state index in [0.29, 0.717) is 17.0 Å². The molecule has 0 aliphatic heterocycles. The maximum Gasteiger partial charge on any atom is 0.251 e. The van der Waals surface area contributed by atoms with Gasteiger partial charge < -0.3 is 20.9 Å². The van der Waals surface area contributed by atoms with Crippen LogP contribution in [0.5, 0.6) is 5.75 Å². The third-order valence-electron chi connectivity index (χ3n) is 2.86. The highest BCUT2D eigenvalue weighted by molar-refractivity contribution is 5.94. The minimum absolute atomic E-state index is 0.117. The van der Waals surface area contributed by atoms with Gasteiger partial charge in [-0.25, -0.2) is 0 Å². The quantitative estimate of drug-likeness (QED) is 0.701. The van der Waals surface area contributed by atoms with Gasteiger partial charge >= 0.3 is 0 Å². The van der Waals surface area contributed by atoms with Gasteiger partial charge in [0.25, 0.3) is 5.91 Å². The average Bonchev–Trinajstić information content (AvgIpc) is 2.52. The van der Waals surface area contributed by atoms with Crippen LogP contribution in [-0.4, -0.2) is 30.3 Å². The molecule has 0 aliphatic rings. The molecule has 0 saturated carbocycles. The zero-order valence-corrected chi connectivity index (χ0v) is 11.5. The topological polar surface area (TPSA) is 84.6 Å². The smallest absolute Gasteiger partial charge is 0.251 e. The molecule has 5 nitrogen and oxygen atoms in total. The van der Waals surface area contributed by atoms with Gasteiger partial charge in [-0.15, -0.1) is 0 Å². The van der Waals surface area contributed by atoms with E-state index in [4.69, 9.17) is 10.5 Å². The fraction of sp³-hybridized carbons (Fsp3) is 0.188. The molecular formula is C16H18N2O3. The number of nitrogen functional groups attached to an aromatic ring is 1. The molecule has 2 aromatic carbocycles. The Morgan fingerprint density at radius 2 is 1.81 bits per heavy atom. The molecule has 0 unspecified atom stereocenters. The van der Waals surface area contributed by atoms with E-state index >= 15 is 0 Å². The minimum Gasteiger partial charge on any atom is -0.491 e. The van der Waals surface area contributed by atoms with Crippen LogP contribution in [0, 0.1) is 0 Å². The molecule has 0 saturated heterocycles. The van der Waals surface area contributed by atoms with Gasteiger partial charge in [0.2, 0.25) is 0 Å². The Balaban J connectivity index is 1.74. The highest BCUT2D eigenvalue weighted by Crippen LogP contribution is 2.08. The van der Waals surface area contributed by atoms with Crippen molar-refractivity contribution in [2.24, 2.45) is 0 Å². The van der Waals surface area contributed by atoms with E-state index in [-0.39, 0.29) is 19.1 Å². The summed E-state index contributed by atoms with van der Waals surface area (Å²) in [6.07, 6.45) is -0.775. The third-order valence-corrected chi connectivity index (χ3v) is 2.86. The number of anilines is 1. The number of benzene rings is 2. The van der Waals surface area contributed by atoms with Gasteiger partial charge in [0, 0.05) is 17.8 Å². The van der Waals surface area contributed by atoms with Crippen LogP contribution in [0.4, 0.5) is 5.69 Å². The Labute approximate surface area is 123 Å². The molecule has 2 rings (SSSR count). The Bertz CT molecular complexity index is 570. The molecule has 4 N–H and O–H groups in total. The van der Waals surface area contributed by atoms with E-state index in [1.54, 1.807) is 36.4 Å². The molecule has 0 radical (unpaired) electrons. The summed E-state index contributed by atoms with van der Waals surface area (Å²) < 4.78 is 5.40. The lowest BCUT2D eigenvalue weighted by molar-refractivity contribution is 0.0844. The van der Waals surface area contributed by atoms with E-state index < -0.39 is 6.10 Å². The van der Waals surface area contributed by atoms with Crippen LogP contribution in [0.15, 0.2) is 54.6 Å². The van der Waals surface area contributed by atoms with E-state index in [1.165, 1.54) is 0 Å². The van der Waals surface area contributed by atoms with Crippen molar-refractivity contribution >= 4 is 11.6 Å². The first-order chi connectivity index (χ1) is 10.1. The number of aliphatic hydroxyl groups excluding tert-OH is 1. The molecule has 1 amide bonds. The third kappa shape index (κ3) is 4.81. The number of amides is 1. The largest absolute Gasteiger partial charge is 0.491 e. The van der Waals surface area contributed by atoms with Crippen molar-refractivity contribution in [3.63, 3.8) is 0 Å². The second kappa shape index (κ2) is 7.31. The van der Waals surface area contributed by atoms with Gasteiger partial charge in [-0.3, -0.25) is 4.79 Å². The zero-order valence-electron chi connectivity index (χ0n) is 11.5. The van der Waals surface area contributed by atoms with E-state index in [1.807, 2.05) is 18.2 Å². The summed E-state index contributed by atoms with van der Waals surface area (Å²) in [5.41, 5.74) is 6.66. The SMILES string of the molecule is Nc1ccc(C(=O)NC[C@@H](O)COc2ccccc2)cc1. The number of aliphatic hydroxyl groups is 1. The van der Waals surface area contributed by atoms with Crippen LogP contribution < -0.4 is 15.8 Å². The molecule has 0 aliphatic carbocycles. The number of nitrogens with two attached hydrogens (primary N) is 1. The van der Waals surface area contributed by atoms with Crippen LogP contribution in [-0.2, 0) is 0 Å². The highest BCUT2D eigenvalue weighted by atomic mass is 16.5. The zero-order chi connectivity index (χ0) is 15.1. The normalized spacial score (nSPS) is 11.7. The van der Waals surface area contributed by atoms with Crippen LogP contribution in [0.25, 0.3) is 0 Å². The number of ether oxygens (including phenoxy) is 1. The first-order valence-electron chi connectivity index (χ1n) is 6.65. The van der Waals surface area contributed by atoms with Gasteiger partial charge in [-0.1, -0.05) is 18.2 Å². The first kappa shape index (κ1) is 14.9. The van der Waals surface area contributed by atoms with E-state index in [0.717, 1.165) is 0 Å². The lowest BCUT2D eigenvalue weighted by Gasteiger charge is -2.13. The van der Waals surface area contributed by atoms with Crippen LogP contribution in [0.2, 0.25) is 0 Å². The van der Waals surface area contributed by atoms with Crippen molar-refractivity contribution in [1.82, 2.24) is 5.32 Å². The Hall–Kier alpha value is -2.53. The predicted molar refractivity (Wildman–Crippen MR) is 81.1 cm³/mol. The molecule has 110 valence electrons. The van der Waals surface area contributed by atoms with Crippen molar-refractivity contribution in [2.45, 2.75) is 6.10 Å². The fourth-order valence-corrected chi connectivity index (χ4v) is 1.72. The molecule has 2 aromatic rings. The summed E-state index contributed by atoms with van der Waals surface area (Å²) in [4.78, 5) is 11.8. The number of rotatable bonds is 6. The second-order valence-electron chi connectivity index (χ2n) is 4.61. The number of para-hydroxylation sites is 1. The molecule has 1 atom stereocenters. The first-order valence-corrected chi connectivity index (χ1v) is 6.65. The number of carbonyl (C=O) groups is 1. The van der Waals surface area contributed by atoms with Crippen molar-refractivity contribution in [2.75, 3.05) is 18.9 Å². The monoisotopic (exact) mass is 286 g/mol. The standard InChI is InChI=1S/C16H18N2O3/c17-13-8-6-12(7-9-13)16(20)18-10-14(19)11-21-15-4-2-1-3-5-15/h1-9,14,19H,10-11,17H2,(H,18,20)/t14-/m1/s1. The predicted octanol–water partition coefficient (Wildman–Crippen LogP) is 1.44. The molecule has 0 aromatic heterocycles. The van der Waals surface area contributed by atoms with Crippen molar-refractivity contribution in [3.8, 4) is 5.75 Å². The number of nitrogens with one attached hydrogen (secondary N) is 1. The number of hydrogen-bond donors (Lipinski definition) is 3. The summed E-state index contributed by atoms with van der Waals surface area (Å²) >= 11 is 0. The Morgan fingerprint density at radius 1 is 1.14 bits per heavy atom. The molecule has 0 fully saturated rings. The van der Waals surface area contributed by atoms with Crippen LogP contribution >= 0.6 is 0 Å².